The molecule has 0 bridgehead atoms. The molecule has 0 aliphatic heterocycles. The molecule has 0 radical (unpaired) electrons. The fraction of sp³-hybridized carbons (Fsp3) is 0.0667. The lowest BCUT2D eigenvalue weighted by atomic mass is 10.1. The maximum Gasteiger partial charge on any atom is 0.123 e. The van der Waals surface area contributed by atoms with E-state index in [0.29, 0.717) is 0 Å². The Bertz CT molecular complexity index is 627. The summed E-state index contributed by atoms with van der Waals surface area (Å²) in [4.78, 5) is 8.49. The molecule has 3 heteroatoms. The fourth-order valence-electron chi connectivity index (χ4n) is 1.96. The molecule has 88 valence electrons. The third-order valence-electron chi connectivity index (χ3n) is 2.90. The second-order valence-electron chi connectivity index (χ2n) is 4.11. The number of rotatable bonds is 2. The van der Waals surface area contributed by atoms with E-state index in [1.54, 1.807) is 18.5 Å². The van der Waals surface area contributed by atoms with Gasteiger partial charge >= 0.3 is 0 Å². The highest BCUT2D eigenvalue weighted by atomic mass is 19.1. The van der Waals surface area contributed by atoms with Gasteiger partial charge < -0.3 is 0 Å². The Morgan fingerprint density at radius 2 is 1.89 bits per heavy atom. The predicted molar refractivity (Wildman–Crippen MR) is 70.1 cm³/mol. The highest BCUT2D eigenvalue weighted by molar-refractivity contribution is 5.75. The molecular formula is C15H11FN2. The van der Waals surface area contributed by atoms with Gasteiger partial charge in [-0.1, -0.05) is 30.4 Å². The molecule has 1 aromatic carbocycles. The molecule has 0 unspecified atom stereocenters. The van der Waals surface area contributed by atoms with Crippen molar-refractivity contribution in [2.24, 2.45) is 0 Å². The first-order chi connectivity index (χ1) is 8.83. The smallest absolute Gasteiger partial charge is 0.123 e. The van der Waals surface area contributed by atoms with E-state index in [1.165, 1.54) is 12.1 Å². The van der Waals surface area contributed by atoms with Crippen molar-refractivity contribution < 1.29 is 4.39 Å². The Balaban J connectivity index is 1.91. The van der Waals surface area contributed by atoms with Gasteiger partial charge in [0.2, 0.25) is 0 Å². The van der Waals surface area contributed by atoms with E-state index in [9.17, 15) is 4.39 Å². The average molecular weight is 238 g/mol. The van der Waals surface area contributed by atoms with Gasteiger partial charge in [0.05, 0.1) is 11.4 Å². The van der Waals surface area contributed by atoms with Gasteiger partial charge in [0.25, 0.3) is 0 Å². The lowest BCUT2D eigenvalue weighted by Crippen LogP contribution is -1.93. The van der Waals surface area contributed by atoms with Gasteiger partial charge in [-0.25, -0.2) is 14.4 Å². The lowest BCUT2D eigenvalue weighted by molar-refractivity contribution is 0.628. The van der Waals surface area contributed by atoms with Crippen molar-refractivity contribution in [3.05, 3.63) is 65.0 Å². The third kappa shape index (κ3) is 2.07. The SMILES string of the molecule is Fc1ccc(/C=C/c2ncnc3c2C=CC3)cc1. The van der Waals surface area contributed by atoms with Crippen LogP contribution in [0, 0.1) is 5.82 Å². The summed E-state index contributed by atoms with van der Waals surface area (Å²) in [6.45, 7) is 0. The van der Waals surface area contributed by atoms with Crippen LogP contribution in [0.5, 0.6) is 0 Å². The molecule has 1 heterocycles. The summed E-state index contributed by atoms with van der Waals surface area (Å²) < 4.78 is 12.8. The van der Waals surface area contributed by atoms with Crippen molar-refractivity contribution in [2.75, 3.05) is 0 Å². The van der Waals surface area contributed by atoms with Crippen molar-refractivity contribution in [3.63, 3.8) is 0 Å². The quantitative estimate of drug-likeness (QED) is 0.801. The molecular weight excluding hydrogens is 227 g/mol. The van der Waals surface area contributed by atoms with Crippen molar-refractivity contribution in [1.82, 2.24) is 9.97 Å². The van der Waals surface area contributed by atoms with Gasteiger partial charge in [-0.15, -0.1) is 0 Å². The number of fused-ring (bicyclic) bond motifs is 1. The van der Waals surface area contributed by atoms with Crippen LogP contribution in [0.2, 0.25) is 0 Å². The number of allylic oxidation sites excluding steroid dienone is 1. The molecule has 0 amide bonds. The van der Waals surface area contributed by atoms with Gasteiger partial charge in [-0.05, 0) is 23.8 Å². The Labute approximate surface area is 105 Å². The van der Waals surface area contributed by atoms with E-state index in [1.807, 2.05) is 18.2 Å². The first-order valence-electron chi connectivity index (χ1n) is 5.77. The average Bonchev–Trinajstić information content (AvgIpc) is 2.87. The highest BCUT2D eigenvalue weighted by Crippen LogP contribution is 2.21. The normalized spacial score (nSPS) is 13.2. The number of hydrogen-bond acceptors (Lipinski definition) is 2. The summed E-state index contributed by atoms with van der Waals surface area (Å²) >= 11 is 0. The monoisotopic (exact) mass is 238 g/mol. The van der Waals surface area contributed by atoms with Crippen LogP contribution >= 0.6 is 0 Å². The second-order valence-corrected chi connectivity index (χ2v) is 4.11. The first-order valence-corrected chi connectivity index (χ1v) is 5.77. The van der Waals surface area contributed by atoms with Crippen molar-refractivity contribution in [1.29, 1.82) is 0 Å². The molecule has 2 aromatic rings. The third-order valence-corrected chi connectivity index (χ3v) is 2.90. The van der Waals surface area contributed by atoms with Crippen LogP contribution in [-0.4, -0.2) is 9.97 Å². The number of benzene rings is 1. The van der Waals surface area contributed by atoms with Gasteiger partial charge in [0.15, 0.2) is 0 Å². The van der Waals surface area contributed by atoms with Gasteiger partial charge in [0, 0.05) is 12.0 Å². The van der Waals surface area contributed by atoms with Crippen LogP contribution in [0.3, 0.4) is 0 Å². The minimum absolute atomic E-state index is 0.224. The van der Waals surface area contributed by atoms with E-state index < -0.39 is 0 Å². The molecule has 0 N–H and O–H groups in total. The fourth-order valence-corrected chi connectivity index (χ4v) is 1.96. The van der Waals surface area contributed by atoms with Gasteiger partial charge in [-0.2, -0.15) is 0 Å². The highest BCUT2D eigenvalue weighted by Gasteiger charge is 2.09. The summed E-state index contributed by atoms with van der Waals surface area (Å²) in [5.41, 5.74) is 3.99. The Morgan fingerprint density at radius 1 is 1.06 bits per heavy atom. The summed E-state index contributed by atoms with van der Waals surface area (Å²) in [6, 6.07) is 6.38. The summed E-state index contributed by atoms with van der Waals surface area (Å²) in [5, 5.41) is 0. The zero-order valence-corrected chi connectivity index (χ0v) is 9.68. The molecule has 0 spiro atoms. The van der Waals surface area contributed by atoms with E-state index in [2.05, 4.69) is 16.0 Å². The Hall–Kier alpha value is -2.29. The van der Waals surface area contributed by atoms with Gasteiger partial charge in [0.1, 0.15) is 12.1 Å². The van der Waals surface area contributed by atoms with Crippen molar-refractivity contribution in [2.45, 2.75) is 6.42 Å². The molecule has 1 aliphatic carbocycles. The second kappa shape index (κ2) is 4.53. The molecule has 1 aliphatic rings. The van der Waals surface area contributed by atoms with Crippen molar-refractivity contribution >= 4 is 18.2 Å². The Kier molecular flexibility index (Phi) is 2.73. The van der Waals surface area contributed by atoms with Crippen LogP contribution in [0.15, 0.2) is 36.7 Å². The van der Waals surface area contributed by atoms with E-state index in [4.69, 9.17) is 0 Å². The van der Waals surface area contributed by atoms with Crippen LogP contribution in [0.25, 0.3) is 18.2 Å². The summed E-state index contributed by atoms with van der Waals surface area (Å²) in [5.74, 6) is -0.224. The number of nitrogens with zero attached hydrogens (tertiary/aromatic N) is 2. The van der Waals surface area contributed by atoms with Crippen molar-refractivity contribution in [3.8, 4) is 0 Å². The predicted octanol–water partition coefficient (Wildman–Crippen LogP) is 3.36. The summed E-state index contributed by atoms with van der Waals surface area (Å²) in [7, 11) is 0. The number of halogens is 1. The lowest BCUT2D eigenvalue weighted by Gasteiger charge is -2.00. The molecule has 0 saturated carbocycles. The van der Waals surface area contributed by atoms with E-state index >= 15 is 0 Å². The maximum absolute atomic E-state index is 12.8. The standard InChI is InChI=1S/C15H11FN2/c16-12-7-4-11(5-8-12)6-9-15-13-2-1-3-14(13)17-10-18-15/h1-2,4-10H,3H2/b9-6+. The van der Waals surface area contributed by atoms with Crippen LogP contribution in [-0.2, 0) is 6.42 Å². The zero-order chi connectivity index (χ0) is 12.4. The molecule has 2 nitrogen and oxygen atoms in total. The minimum Gasteiger partial charge on any atom is -0.240 e. The first kappa shape index (κ1) is 10.8. The number of aromatic nitrogens is 2. The molecule has 0 fully saturated rings. The minimum atomic E-state index is -0.224. The molecule has 18 heavy (non-hydrogen) atoms. The van der Waals surface area contributed by atoms with Crippen LogP contribution in [0.4, 0.5) is 4.39 Å². The molecule has 0 saturated heterocycles. The van der Waals surface area contributed by atoms with Crippen LogP contribution < -0.4 is 0 Å². The summed E-state index contributed by atoms with van der Waals surface area (Å²) in [6.07, 6.45) is 10.4. The molecule has 3 rings (SSSR count). The topological polar surface area (TPSA) is 25.8 Å². The Morgan fingerprint density at radius 3 is 2.72 bits per heavy atom. The number of hydrogen-bond donors (Lipinski definition) is 0. The zero-order valence-electron chi connectivity index (χ0n) is 9.68. The maximum atomic E-state index is 12.8. The molecule has 1 aromatic heterocycles. The largest absolute Gasteiger partial charge is 0.240 e. The van der Waals surface area contributed by atoms with E-state index in [0.717, 1.165) is 28.9 Å². The van der Waals surface area contributed by atoms with Crippen LogP contribution in [0.1, 0.15) is 22.5 Å². The van der Waals surface area contributed by atoms with E-state index in [-0.39, 0.29) is 5.82 Å². The van der Waals surface area contributed by atoms with Gasteiger partial charge in [-0.3, -0.25) is 0 Å². The molecule has 0 atom stereocenters.